The van der Waals surface area contributed by atoms with Gasteiger partial charge >= 0.3 is 6.18 Å². The molecule has 112 valence electrons. The average Bonchev–Trinajstić information content (AvgIpc) is 2.41. The number of carbonyl (C=O) groups excluding carboxylic acids is 1. The van der Waals surface area contributed by atoms with Crippen LogP contribution in [-0.4, -0.2) is 18.5 Å². The Balaban J connectivity index is 2.40. The van der Waals surface area contributed by atoms with Gasteiger partial charge in [-0.05, 0) is 31.0 Å². The highest BCUT2D eigenvalue weighted by atomic mass is 19.4. The molecule has 6 heteroatoms. The highest BCUT2D eigenvalue weighted by Crippen LogP contribution is 2.28. The SMILES string of the molecule is CCC(C)NCC(=O)NCc1ccc(C(F)(F)F)cc1. The lowest BCUT2D eigenvalue weighted by Crippen LogP contribution is -2.37. The Bertz CT molecular complexity index is 429. The maximum absolute atomic E-state index is 12.4. The van der Waals surface area contributed by atoms with Gasteiger partial charge in [0, 0.05) is 12.6 Å². The Hall–Kier alpha value is -1.56. The van der Waals surface area contributed by atoms with Crippen LogP contribution in [0.15, 0.2) is 24.3 Å². The summed E-state index contributed by atoms with van der Waals surface area (Å²) in [4.78, 5) is 11.5. The van der Waals surface area contributed by atoms with Crippen LogP contribution in [0.1, 0.15) is 31.4 Å². The second-order valence-corrected chi connectivity index (χ2v) is 4.66. The summed E-state index contributed by atoms with van der Waals surface area (Å²) in [7, 11) is 0. The number of alkyl halides is 3. The van der Waals surface area contributed by atoms with Gasteiger partial charge in [-0.1, -0.05) is 19.1 Å². The zero-order valence-corrected chi connectivity index (χ0v) is 11.6. The van der Waals surface area contributed by atoms with Gasteiger partial charge in [-0.3, -0.25) is 4.79 Å². The monoisotopic (exact) mass is 288 g/mol. The van der Waals surface area contributed by atoms with E-state index in [1.165, 1.54) is 12.1 Å². The van der Waals surface area contributed by atoms with Crippen LogP contribution in [0.5, 0.6) is 0 Å². The van der Waals surface area contributed by atoms with Crippen molar-refractivity contribution in [3.8, 4) is 0 Å². The minimum atomic E-state index is -4.33. The zero-order valence-electron chi connectivity index (χ0n) is 11.6. The second-order valence-electron chi connectivity index (χ2n) is 4.66. The molecular weight excluding hydrogens is 269 g/mol. The molecule has 0 saturated carbocycles. The molecule has 0 bridgehead atoms. The molecule has 0 saturated heterocycles. The van der Waals surface area contributed by atoms with Gasteiger partial charge in [-0.2, -0.15) is 13.2 Å². The van der Waals surface area contributed by atoms with Crippen LogP contribution in [0.2, 0.25) is 0 Å². The van der Waals surface area contributed by atoms with Crippen LogP contribution in [0.4, 0.5) is 13.2 Å². The molecule has 0 heterocycles. The molecule has 1 amide bonds. The Morgan fingerprint density at radius 3 is 2.35 bits per heavy atom. The van der Waals surface area contributed by atoms with Crippen molar-refractivity contribution < 1.29 is 18.0 Å². The van der Waals surface area contributed by atoms with E-state index >= 15 is 0 Å². The van der Waals surface area contributed by atoms with Crippen molar-refractivity contribution in [2.24, 2.45) is 0 Å². The molecule has 2 N–H and O–H groups in total. The molecule has 0 aliphatic carbocycles. The maximum Gasteiger partial charge on any atom is 0.416 e. The fraction of sp³-hybridized carbons (Fsp3) is 0.500. The Morgan fingerprint density at radius 1 is 1.25 bits per heavy atom. The number of carbonyl (C=O) groups is 1. The molecule has 1 atom stereocenters. The molecule has 1 aromatic rings. The molecule has 0 aliphatic rings. The maximum atomic E-state index is 12.4. The van der Waals surface area contributed by atoms with Gasteiger partial charge in [0.1, 0.15) is 0 Å². The minimum absolute atomic E-state index is 0.176. The number of nitrogens with one attached hydrogen (secondary N) is 2. The number of rotatable bonds is 6. The number of hydrogen-bond acceptors (Lipinski definition) is 2. The largest absolute Gasteiger partial charge is 0.416 e. The van der Waals surface area contributed by atoms with Crippen molar-refractivity contribution in [2.45, 2.75) is 39.0 Å². The van der Waals surface area contributed by atoms with Crippen molar-refractivity contribution in [1.82, 2.24) is 10.6 Å². The molecule has 1 rings (SSSR count). The standard InChI is InChI=1S/C14H19F3N2O/c1-3-10(2)18-9-13(20)19-8-11-4-6-12(7-5-11)14(15,16)17/h4-7,10,18H,3,8-9H2,1-2H3,(H,19,20). The summed E-state index contributed by atoms with van der Waals surface area (Å²) in [5.41, 5.74) is -0.0547. The third-order valence-electron chi connectivity index (χ3n) is 2.99. The van der Waals surface area contributed by atoms with Gasteiger partial charge in [0.2, 0.25) is 5.91 Å². The molecule has 1 aromatic carbocycles. The van der Waals surface area contributed by atoms with Gasteiger partial charge in [0.05, 0.1) is 12.1 Å². The topological polar surface area (TPSA) is 41.1 Å². The van der Waals surface area contributed by atoms with Crippen LogP contribution in [-0.2, 0) is 17.5 Å². The van der Waals surface area contributed by atoms with Crippen molar-refractivity contribution in [3.05, 3.63) is 35.4 Å². The molecule has 0 spiro atoms. The summed E-state index contributed by atoms with van der Waals surface area (Å²) < 4.78 is 37.1. The second kappa shape index (κ2) is 7.28. The van der Waals surface area contributed by atoms with Gasteiger partial charge in [-0.15, -0.1) is 0 Å². The van der Waals surface area contributed by atoms with E-state index in [9.17, 15) is 18.0 Å². The van der Waals surface area contributed by atoms with Crippen LogP contribution < -0.4 is 10.6 Å². The van der Waals surface area contributed by atoms with Gasteiger partial charge in [0.25, 0.3) is 0 Å². The van der Waals surface area contributed by atoms with Crippen molar-refractivity contribution in [2.75, 3.05) is 6.54 Å². The molecule has 0 aromatic heterocycles. The fourth-order valence-electron chi connectivity index (χ4n) is 1.49. The van der Waals surface area contributed by atoms with E-state index in [1.54, 1.807) is 0 Å². The Morgan fingerprint density at radius 2 is 1.85 bits per heavy atom. The lowest BCUT2D eigenvalue weighted by Gasteiger charge is -2.11. The highest BCUT2D eigenvalue weighted by Gasteiger charge is 2.29. The summed E-state index contributed by atoms with van der Waals surface area (Å²) in [5.74, 6) is -0.176. The van der Waals surface area contributed by atoms with E-state index < -0.39 is 11.7 Å². The minimum Gasteiger partial charge on any atom is -0.351 e. The van der Waals surface area contributed by atoms with Crippen LogP contribution in [0.3, 0.4) is 0 Å². The molecule has 0 radical (unpaired) electrons. The summed E-state index contributed by atoms with van der Waals surface area (Å²) in [6.45, 7) is 4.41. The zero-order chi connectivity index (χ0) is 15.2. The summed E-state index contributed by atoms with van der Waals surface area (Å²) >= 11 is 0. The Kier molecular flexibility index (Phi) is 6.01. The number of benzene rings is 1. The molecule has 0 aliphatic heterocycles. The molecular formula is C14H19F3N2O. The van der Waals surface area contributed by atoms with Gasteiger partial charge in [-0.25, -0.2) is 0 Å². The average molecular weight is 288 g/mol. The lowest BCUT2D eigenvalue weighted by atomic mass is 10.1. The molecule has 1 unspecified atom stereocenters. The van der Waals surface area contributed by atoms with E-state index in [1.807, 2.05) is 13.8 Å². The smallest absolute Gasteiger partial charge is 0.351 e. The normalized spacial score (nSPS) is 13.1. The van der Waals surface area contributed by atoms with Gasteiger partial charge in [0.15, 0.2) is 0 Å². The first-order valence-corrected chi connectivity index (χ1v) is 6.49. The van der Waals surface area contributed by atoms with E-state index in [0.717, 1.165) is 18.6 Å². The number of amides is 1. The summed E-state index contributed by atoms with van der Waals surface area (Å²) in [5, 5.41) is 5.69. The fourth-order valence-corrected chi connectivity index (χ4v) is 1.49. The van der Waals surface area contributed by atoms with E-state index in [2.05, 4.69) is 10.6 Å². The van der Waals surface area contributed by atoms with Crippen LogP contribution in [0.25, 0.3) is 0 Å². The van der Waals surface area contributed by atoms with Crippen molar-refractivity contribution in [3.63, 3.8) is 0 Å². The van der Waals surface area contributed by atoms with E-state index in [4.69, 9.17) is 0 Å². The highest BCUT2D eigenvalue weighted by molar-refractivity contribution is 5.78. The molecule has 3 nitrogen and oxygen atoms in total. The van der Waals surface area contributed by atoms with Crippen molar-refractivity contribution in [1.29, 1.82) is 0 Å². The quantitative estimate of drug-likeness (QED) is 0.845. The molecule has 20 heavy (non-hydrogen) atoms. The summed E-state index contributed by atoms with van der Waals surface area (Å²) in [6.07, 6.45) is -3.41. The van der Waals surface area contributed by atoms with Crippen LogP contribution in [0, 0.1) is 0 Å². The summed E-state index contributed by atoms with van der Waals surface area (Å²) in [6, 6.07) is 5.01. The predicted octanol–water partition coefficient (Wildman–Crippen LogP) is 2.71. The van der Waals surface area contributed by atoms with Crippen molar-refractivity contribution >= 4 is 5.91 Å². The lowest BCUT2D eigenvalue weighted by molar-refractivity contribution is -0.137. The number of halogens is 3. The van der Waals surface area contributed by atoms with Gasteiger partial charge < -0.3 is 10.6 Å². The predicted molar refractivity (Wildman–Crippen MR) is 71.0 cm³/mol. The van der Waals surface area contributed by atoms with Crippen LogP contribution >= 0.6 is 0 Å². The Labute approximate surface area is 116 Å². The van der Waals surface area contributed by atoms with E-state index in [0.29, 0.717) is 5.56 Å². The molecule has 0 fully saturated rings. The third-order valence-corrected chi connectivity index (χ3v) is 2.99. The first kappa shape index (κ1) is 16.5. The third kappa shape index (κ3) is 5.61. The number of hydrogen-bond donors (Lipinski definition) is 2. The first-order chi connectivity index (χ1) is 9.32. The van der Waals surface area contributed by atoms with E-state index in [-0.39, 0.29) is 25.0 Å². The first-order valence-electron chi connectivity index (χ1n) is 6.49.